The molecule has 0 spiro atoms. The van der Waals surface area contributed by atoms with Gasteiger partial charge in [-0.25, -0.2) is 4.98 Å². The van der Waals surface area contributed by atoms with Gasteiger partial charge in [0.2, 0.25) is 0 Å². The Morgan fingerprint density at radius 3 is 2.72 bits per heavy atom. The fourth-order valence-electron chi connectivity index (χ4n) is 0.979. The van der Waals surface area contributed by atoms with Crippen LogP contribution in [0.25, 0.3) is 0 Å². The highest BCUT2D eigenvalue weighted by atomic mass is 35.5. The summed E-state index contributed by atoms with van der Waals surface area (Å²) in [6.07, 6.45) is 1.69. The number of anilines is 1. The number of amides is 1. The summed E-state index contributed by atoms with van der Waals surface area (Å²) in [5.41, 5.74) is 3.81. The number of aromatic nitrogens is 1. The van der Waals surface area contributed by atoms with Gasteiger partial charge in [0, 0.05) is 6.20 Å². The Balaban J connectivity index is 2.92. The van der Waals surface area contributed by atoms with E-state index in [1.165, 1.54) is 18.3 Å². The molecule has 0 atom stereocenters. The van der Waals surface area contributed by atoms with Crippen LogP contribution in [-0.4, -0.2) is 22.0 Å². The normalized spacial score (nSPS) is 11.4. The predicted octanol–water partition coefficient (Wildman–Crippen LogP) is 0.770. The molecule has 94 valence electrons. The lowest BCUT2D eigenvalue weighted by Crippen LogP contribution is -2.25. The van der Waals surface area contributed by atoms with Gasteiger partial charge in [0.15, 0.2) is 5.70 Å². The fraction of sp³-hybridized carbons (Fsp3) is 0. The van der Waals surface area contributed by atoms with E-state index >= 15 is 0 Å². The number of halogens is 1. The first kappa shape index (κ1) is 13.6. The van der Waals surface area contributed by atoms with Gasteiger partial charge < -0.3 is 16.5 Å². The number of nitrogens with zero attached hydrogens (tertiary/aromatic N) is 2. The molecule has 0 bridgehead atoms. The lowest BCUT2D eigenvalue weighted by Gasteiger charge is -2.03. The maximum Gasteiger partial charge on any atom is 0.315 e. The van der Waals surface area contributed by atoms with E-state index in [0.717, 1.165) is 0 Å². The molecule has 0 unspecified atom stereocenters. The van der Waals surface area contributed by atoms with Crippen molar-refractivity contribution in [1.82, 2.24) is 4.98 Å². The van der Waals surface area contributed by atoms with Gasteiger partial charge in [-0.05, 0) is 12.1 Å². The van der Waals surface area contributed by atoms with E-state index in [0.29, 0.717) is 11.2 Å². The number of carbonyl (C=O) groups is 1. The third kappa shape index (κ3) is 3.25. The summed E-state index contributed by atoms with van der Waals surface area (Å²) >= 11 is 5.60. The summed E-state index contributed by atoms with van der Waals surface area (Å²) < 4.78 is 0. The van der Waals surface area contributed by atoms with Crippen LogP contribution in [0.5, 0.6) is 0 Å². The van der Waals surface area contributed by atoms with Crippen LogP contribution < -0.4 is 11.1 Å². The van der Waals surface area contributed by atoms with Gasteiger partial charge in [-0.1, -0.05) is 11.6 Å². The molecule has 8 nitrogen and oxygen atoms in total. The van der Waals surface area contributed by atoms with Crippen molar-refractivity contribution in [1.29, 1.82) is 5.41 Å². The molecule has 1 aromatic heterocycles. The second-order valence-electron chi connectivity index (χ2n) is 3.02. The summed E-state index contributed by atoms with van der Waals surface area (Å²) in [4.78, 5) is 24.8. The molecule has 0 fully saturated rings. The van der Waals surface area contributed by atoms with Crippen LogP contribution in [0.1, 0.15) is 0 Å². The summed E-state index contributed by atoms with van der Waals surface area (Å²) in [5.74, 6) is -0.778. The zero-order chi connectivity index (χ0) is 13.7. The highest BCUT2D eigenvalue weighted by molar-refractivity contribution is 6.30. The highest BCUT2D eigenvalue weighted by Crippen LogP contribution is 2.10. The molecular weight excluding hydrogens is 262 g/mol. The molecule has 1 rings (SSSR count). The average Bonchev–Trinajstić information content (AvgIpc) is 2.32. The molecule has 18 heavy (non-hydrogen) atoms. The molecule has 0 aliphatic rings. The topological polar surface area (TPSA) is 135 Å². The molecule has 0 radical (unpaired) electrons. The number of pyridine rings is 1. The van der Waals surface area contributed by atoms with Crippen LogP contribution in [0.15, 0.2) is 29.7 Å². The van der Waals surface area contributed by atoms with E-state index in [1.54, 1.807) is 0 Å². The summed E-state index contributed by atoms with van der Waals surface area (Å²) in [6.45, 7) is 0. The van der Waals surface area contributed by atoms with Crippen LogP contribution in [0.3, 0.4) is 0 Å². The number of nitrogens with one attached hydrogen (secondary N) is 2. The molecule has 4 N–H and O–H groups in total. The van der Waals surface area contributed by atoms with Gasteiger partial charge >= 0.3 is 5.70 Å². The van der Waals surface area contributed by atoms with E-state index in [2.05, 4.69) is 10.3 Å². The number of carbonyl (C=O) groups excluding carboxylic acids is 1. The van der Waals surface area contributed by atoms with Gasteiger partial charge in [-0.3, -0.25) is 14.9 Å². The van der Waals surface area contributed by atoms with Crippen molar-refractivity contribution in [2.45, 2.75) is 0 Å². The van der Waals surface area contributed by atoms with E-state index in [9.17, 15) is 14.9 Å². The standard InChI is InChI=1S/C9H8ClN5O3/c10-5-1-2-7(13-4-5)14-9(16)8(12)6(3-11)15(17)18/h1-4,11H,12H2,(H,13,14,16)/b8-6+,11-3?. The minimum Gasteiger partial charge on any atom is -0.389 e. The number of rotatable bonds is 4. The first-order valence-electron chi connectivity index (χ1n) is 4.53. The van der Waals surface area contributed by atoms with E-state index in [4.69, 9.17) is 22.7 Å². The smallest absolute Gasteiger partial charge is 0.315 e. The molecule has 0 aliphatic heterocycles. The van der Waals surface area contributed by atoms with Crippen LogP contribution in [-0.2, 0) is 4.79 Å². The minimum atomic E-state index is -0.919. The van der Waals surface area contributed by atoms with Crippen molar-refractivity contribution >= 4 is 29.5 Å². The lowest BCUT2D eigenvalue weighted by molar-refractivity contribution is -0.415. The lowest BCUT2D eigenvalue weighted by atomic mass is 10.3. The zero-order valence-electron chi connectivity index (χ0n) is 8.88. The number of nitro groups is 1. The number of hydrogen-bond acceptors (Lipinski definition) is 6. The van der Waals surface area contributed by atoms with Crippen molar-refractivity contribution in [2.24, 2.45) is 5.73 Å². The van der Waals surface area contributed by atoms with Crippen molar-refractivity contribution in [2.75, 3.05) is 5.32 Å². The highest BCUT2D eigenvalue weighted by Gasteiger charge is 2.20. The van der Waals surface area contributed by atoms with Gasteiger partial charge in [0.1, 0.15) is 5.82 Å². The summed E-state index contributed by atoms with van der Waals surface area (Å²) in [6, 6.07) is 2.89. The minimum absolute atomic E-state index is 0.139. The maximum atomic E-state index is 11.5. The van der Waals surface area contributed by atoms with Crippen LogP contribution in [0.2, 0.25) is 5.02 Å². The molecule has 0 saturated heterocycles. The predicted molar refractivity (Wildman–Crippen MR) is 64.9 cm³/mol. The van der Waals surface area contributed by atoms with Crippen molar-refractivity contribution in [3.8, 4) is 0 Å². The third-order valence-electron chi connectivity index (χ3n) is 1.82. The Kier molecular flexibility index (Phi) is 4.33. The fourth-order valence-corrected chi connectivity index (χ4v) is 1.09. The number of nitrogens with two attached hydrogens (primary N) is 1. The van der Waals surface area contributed by atoms with Crippen LogP contribution >= 0.6 is 11.6 Å². The molecule has 1 aromatic rings. The van der Waals surface area contributed by atoms with Crippen LogP contribution in [0, 0.1) is 15.5 Å². The Bertz CT molecular complexity index is 526. The van der Waals surface area contributed by atoms with Crippen molar-refractivity contribution in [3.05, 3.63) is 44.9 Å². The first-order chi connectivity index (χ1) is 8.45. The average molecular weight is 270 g/mol. The van der Waals surface area contributed by atoms with Crippen molar-refractivity contribution in [3.63, 3.8) is 0 Å². The van der Waals surface area contributed by atoms with Gasteiger partial charge in [0.25, 0.3) is 5.91 Å². The van der Waals surface area contributed by atoms with E-state index in [1.807, 2.05) is 0 Å². The third-order valence-corrected chi connectivity index (χ3v) is 2.05. The molecule has 0 saturated carbocycles. The van der Waals surface area contributed by atoms with Crippen molar-refractivity contribution < 1.29 is 9.72 Å². The maximum absolute atomic E-state index is 11.5. The molecule has 9 heteroatoms. The summed E-state index contributed by atoms with van der Waals surface area (Å²) in [5, 5.41) is 19.9. The molecule has 1 heterocycles. The second kappa shape index (κ2) is 5.73. The molecule has 0 aliphatic carbocycles. The second-order valence-corrected chi connectivity index (χ2v) is 3.45. The summed E-state index contributed by atoms with van der Waals surface area (Å²) in [7, 11) is 0. The quantitative estimate of drug-likeness (QED) is 0.321. The molecule has 0 aromatic carbocycles. The Hall–Kier alpha value is -2.48. The molecule has 1 amide bonds. The first-order valence-corrected chi connectivity index (χ1v) is 4.91. The van der Waals surface area contributed by atoms with Gasteiger partial charge in [0.05, 0.1) is 16.2 Å². The Morgan fingerprint density at radius 1 is 1.61 bits per heavy atom. The zero-order valence-corrected chi connectivity index (χ0v) is 9.64. The largest absolute Gasteiger partial charge is 0.389 e. The number of allylic oxidation sites excluding steroid dienone is 1. The van der Waals surface area contributed by atoms with Crippen LogP contribution in [0.4, 0.5) is 5.82 Å². The van der Waals surface area contributed by atoms with Gasteiger partial charge in [-0.15, -0.1) is 0 Å². The van der Waals surface area contributed by atoms with E-state index in [-0.39, 0.29) is 5.82 Å². The Labute approximate surface area is 106 Å². The Morgan fingerprint density at radius 2 is 2.28 bits per heavy atom. The monoisotopic (exact) mass is 269 g/mol. The SMILES string of the molecule is N=C/C(=C(\N)C(=O)Nc1ccc(Cl)cn1)[N+](=O)[O-]. The van der Waals surface area contributed by atoms with E-state index < -0.39 is 22.2 Å². The van der Waals surface area contributed by atoms with Gasteiger partial charge in [-0.2, -0.15) is 0 Å². The number of hydrogen-bond donors (Lipinski definition) is 3. The molecular formula is C9H8ClN5O3.